The molecule has 25 heavy (non-hydrogen) atoms. The molecule has 0 unspecified atom stereocenters. The molecule has 1 aromatic carbocycles. The Balaban J connectivity index is 2.30. The van der Waals surface area contributed by atoms with Gasteiger partial charge in [0.1, 0.15) is 5.82 Å². The van der Waals surface area contributed by atoms with Crippen LogP contribution in [0.15, 0.2) is 34.9 Å². The molecule has 1 amide bonds. The lowest BCUT2D eigenvalue weighted by atomic mass is 10.1. The normalized spacial score (nSPS) is 11.4. The van der Waals surface area contributed by atoms with Crippen LogP contribution in [0.2, 0.25) is 0 Å². The molecule has 5 nitrogen and oxygen atoms in total. The van der Waals surface area contributed by atoms with Gasteiger partial charge in [-0.2, -0.15) is 18.2 Å². The van der Waals surface area contributed by atoms with Gasteiger partial charge in [0.25, 0.3) is 5.91 Å². The number of likely N-dealkylation sites (N-methyl/N-ethyl adjacent to an activating group) is 1. The number of alkyl halides is 3. The van der Waals surface area contributed by atoms with Crippen LogP contribution in [-0.4, -0.2) is 34.0 Å². The van der Waals surface area contributed by atoms with E-state index < -0.39 is 29.6 Å². The molecule has 0 radical (unpaired) electrons. The number of benzene rings is 1. The van der Waals surface area contributed by atoms with E-state index in [-0.39, 0.29) is 17.7 Å². The number of carbonyl (C=O) groups is 1. The Kier molecular flexibility index (Phi) is 5.24. The summed E-state index contributed by atoms with van der Waals surface area (Å²) in [6.07, 6.45) is -4.79. The van der Waals surface area contributed by atoms with E-state index in [0.717, 1.165) is 11.6 Å². The summed E-state index contributed by atoms with van der Waals surface area (Å²) in [6, 6.07) is 3.33. The smallest absolute Gasteiger partial charge is 0.335 e. The summed E-state index contributed by atoms with van der Waals surface area (Å²) in [6.45, 7) is 7.82. The highest BCUT2D eigenvalue weighted by Gasteiger charge is 2.38. The molecular formula is C16H15F4N3O2. The van der Waals surface area contributed by atoms with Gasteiger partial charge in [0.2, 0.25) is 5.82 Å². The molecule has 0 fully saturated rings. The van der Waals surface area contributed by atoms with Crippen molar-refractivity contribution in [1.29, 1.82) is 0 Å². The van der Waals surface area contributed by atoms with Gasteiger partial charge in [0.05, 0.1) is 5.56 Å². The molecule has 0 saturated heterocycles. The number of halogens is 4. The summed E-state index contributed by atoms with van der Waals surface area (Å²) in [7, 11) is 0. The van der Waals surface area contributed by atoms with E-state index in [1.54, 1.807) is 13.8 Å². The molecule has 2 aromatic rings. The largest absolute Gasteiger partial charge is 0.471 e. The fraction of sp³-hybridized carbons (Fsp3) is 0.312. The van der Waals surface area contributed by atoms with Crippen molar-refractivity contribution in [1.82, 2.24) is 15.0 Å². The third-order valence-corrected chi connectivity index (χ3v) is 3.26. The van der Waals surface area contributed by atoms with Gasteiger partial charge in [0.15, 0.2) is 0 Å². The van der Waals surface area contributed by atoms with Crippen molar-refractivity contribution in [3.05, 3.63) is 47.6 Å². The number of hydrogen-bond donors (Lipinski definition) is 0. The molecule has 0 aliphatic rings. The molecule has 1 aromatic heterocycles. The lowest BCUT2D eigenvalue weighted by molar-refractivity contribution is -0.159. The quantitative estimate of drug-likeness (QED) is 0.601. The molecule has 0 atom stereocenters. The van der Waals surface area contributed by atoms with Crippen molar-refractivity contribution in [2.24, 2.45) is 0 Å². The number of aromatic nitrogens is 2. The van der Waals surface area contributed by atoms with Crippen LogP contribution in [0.1, 0.15) is 30.1 Å². The van der Waals surface area contributed by atoms with Gasteiger partial charge in [-0.1, -0.05) is 23.4 Å². The number of rotatable bonds is 5. The first-order valence-corrected chi connectivity index (χ1v) is 7.28. The summed E-state index contributed by atoms with van der Waals surface area (Å²) < 4.78 is 55.8. The third kappa shape index (κ3) is 4.23. The van der Waals surface area contributed by atoms with E-state index in [1.165, 1.54) is 17.0 Å². The highest BCUT2D eigenvalue weighted by atomic mass is 19.4. The molecule has 9 heteroatoms. The van der Waals surface area contributed by atoms with Crippen molar-refractivity contribution in [2.75, 3.05) is 13.1 Å². The lowest BCUT2D eigenvalue weighted by Crippen LogP contribution is -2.32. The number of carbonyl (C=O) groups excluding carboxylic acids is 1. The Bertz CT molecular complexity index is 799. The topological polar surface area (TPSA) is 59.2 Å². The minimum Gasteiger partial charge on any atom is -0.335 e. The second-order valence-corrected chi connectivity index (χ2v) is 5.39. The minimum atomic E-state index is -4.79. The third-order valence-electron chi connectivity index (χ3n) is 3.26. The maximum atomic E-state index is 14.3. The molecule has 0 aliphatic carbocycles. The Labute approximate surface area is 140 Å². The first-order valence-electron chi connectivity index (χ1n) is 7.28. The summed E-state index contributed by atoms with van der Waals surface area (Å²) in [5.74, 6) is -3.37. The van der Waals surface area contributed by atoms with Crippen LogP contribution in [0, 0.1) is 5.82 Å². The van der Waals surface area contributed by atoms with Crippen molar-refractivity contribution in [3.8, 4) is 11.4 Å². The number of amides is 1. The Morgan fingerprint density at radius 1 is 1.36 bits per heavy atom. The van der Waals surface area contributed by atoms with Crippen LogP contribution in [0.4, 0.5) is 17.6 Å². The maximum absolute atomic E-state index is 14.3. The second-order valence-electron chi connectivity index (χ2n) is 5.39. The van der Waals surface area contributed by atoms with Crippen LogP contribution in [0.3, 0.4) is 0 Å². The van der Waals surface area contributed by atoms with Gasteiger partial charge in [-0.05, 0) is 26.0 Å². The first kappa shape index (κ1) is 18.6. The van der Waals surface area contributed by atoms with Crippen LogP contribution < -0.4 is 0 Å². The molecule has 134 valence electrons. The van der Waals surface area contributed by atoms with Crippen LogP contribution in [0.25, 0.3) is 11.4 Å². The Morgan fingerprint density at radius 2 is 2.04 bits per heavy atom. The fourth-order valence-corrected chi connectivity index (χ4v) is 2.11. The van der Waals surface area contributed by atoms with Crippen LogP contribution in [0.5, 0.6) is 0 Å². The number of nitrogens with zero attached hydrogens (tertiary/aromatic N) is 3. The average molecular weight is 357 g/mol. The lowest BCUT2D eigenvalue weighted by Gasteiger charge is -2.21. The number of hydrogen-bond acceptors (Lipinski definition) is 4. The van der Waals surface area contributed by atoms with Gasteiger partial charge >= 0.3 is 12.1 Å². The van der Waals surface area contributed by atoms with Crippen molar-refractivity contribution in [3.63, 3.8) is 0 Å². The van der Waals surface area contributed by atoms with Crippen molar-refractivity contribution >= 4 is 5.91 Å². The summed E-state index contributed by atoms with van der Waals surface area (Å²) >= 11 is 0. The molecule has 1 heterocycles. The van der Waals surface area contributed by atoms with E-state index in [4.69, 9.17) is 0 Å². The van der Waals surface area contributed by atoms with Gasteiger partial charge < -0.3 is 9.42 Å². The Hall–Kier alpha value is -2.71. The van der Waals surface area contributed by atoms with Gasteiger partial charge in [0, 0.05) is 18.7 Å². The Morgan fingerprint density at radius 3 is 2.52 bits per heavy atom. The maximum Gasteiger partial charge on any atom is 0.471 e. The molecule has 0 saturated carbocycles. The van der Waals surface area contributed by atoms with Crippen molar-refractivity contribution in [2.45, 2.75) is 20.0 Å². The zero-order valence-electron chi connectivity index (χ0n) is 13.5. The van der Waals surface area contributed by atoms with E-state index in [1.807, 2.05) is 0 Å². The van der Waals surface area contributed by atoms with Gasteiger partial charge in [-0.25, -0.2) is 4.39 Å². The van der Waals surface area contributed by atoms with Crippen molar-refractivity contribution < 1.29 is 26.9 Å². The molecule has 0 aliphatic heterocycles. The molecule has 0 N–H and O–H groups in total. The second kappa shape index (κ2) is 7.04. The average Bonchev–Trinajstić information content (AvgIpc) is 3.02. The SMILES string of the molecule is C=C(C)CN(CC)C(=O)c1ccc(-c2noc(C(F)(F)F)n2)cc1F. The van der Waals surface area contributed by atoms with E-state index in [2.05, 4.69) is 21.2 Å². The molecule has 0 spiro atoms. The van der Waals surface area contributed by atoms with E-state index in [9.17, 15) is 22.4 Å². The predicted molar refractivity (Wildman–Crippen MR) is 81.1 cm³/mol. The summed E-state index contributed by atoms with van der Waals surface area (Å²) in [4.78, 5) is 16.9. The molecule has 0 bridgehead atoms. The molecule has 2 rings (SSSR count). The van der Waals surface area contributed by atoms with Crippen LogP contribution >= 0.6 is 0 Å². The van der Waals surface area contributed by atoms with Gasteiger partial charge in [-0.3, -0.25) is 4.79 Å². The summed E-state index contributed by atoms with van der Waals surface area (Å²) in [5, 5.41) is 3.18. The van der Waals surface area contributed by atoms with E-state index in [0.29, 0.717) is 6.54 Å². The minimum absolute atomic E-state index is 0.0313. The van der Waals surface area contributed by atoms with Crippen LogP contribution in [-0.2, 0) is 6.18 Å². The molecular weight excluding hydrogens is 342 g/mol. The highest BCUT2D eigenvalue weighted by molar-refractivity contribution is 5.95. The van der Waals surface area contributed by atoms with E-state index >= 15 is 0 Å². The van der Waals surface area contributed by atoms with Gasteiger partial charge in [-0.15, -0.1) is 0 Å². The standard InChI is InChI=1S/C16H15F4N3O2/c1-4-23(8-9(2)3)14(24)11-6-5-10(7-12(11)17)13-21-15(25-22-13)16(18,19)20/h5-7H,2,4,8H2,1,3H3. The monoisotopic (exact) mass is 357 g/mol. The highest BCUT2D eigenvalue weighted by Crippen LogP contribution is 2.29. The zero-order valence-corrected chi connectivity index (χ0v) is 13.5. The first-order chi connectivity index (χ1) is 11.6. The fourth-order valence-electron chi connectivity index (χ4n) is 2.11. The summed E-state index contributed by atoms with van der Waals surface area (Å²) in [5.41, 5.74) is 0.501. The predicted octanol–water partition coefficient (Wildman–Crippen LogP) is 3.93. The zero-order chi connectivity index (χ0) is 18.8.